The van der Waals surface area contributed by atoms with Gasteiger partial charge in [-0.2, -0.15) is 10.2 Å². The number of halogens is 2. The zero-order chi connectivity index (χ0) is 10.4. The van der Waals surface area contributed by atoms with E-state index >= 15 is 0 Å². The molecule has 2 aliphatic rings. The number of amidine groups is 1. The van der Waals surface area contributed by atoms with Crippen molar-refractivity contribution in [2.45, 2.75) is 0 Å². The van der Waals surface area contributed by atoms with Crippen molar-refractivity contribution in [1.29, 1.82) is 0 Å². The lowest BCUT2D eigenvalue weighted by molar-refractivity contribution is 0.308. The topological polar surface area (TPSA) is 52.0 Å². The average Bonchev–Trinajstić information content (AvgIpc) is 2.68. The molecule has 0 radical (unpaired) electrons. The van der Waals surface area contributed by atoms with Crippen LogP contribution in [0.15, 0.2) is 22.3 Å². The van der Waals surface area contributed by atoms with Crippen LogP contribution in [-0.2, 0) is 0 Å². The SMILES string of the molecule is Fc1cc2c(cc1F)C1=NNNN1N=C2. The van der Waals surface area contributed by atoms with Gasteiger partial charge in [-0.3, -0.25) is 0 Å². The third kappa shape index (κ3) is 1.10. The zero-order valence-corrected chi connectivity index (χ0v) is 7.33. The number of nitrogens with zero attached hydrogens (tertiary/aromatic N) is 3. The molecule has 0 spiro atoms. The quantitative estimate of drug-likeness (QED) is 0.646. The van der Waals surface area contributed by atoms with Gasteiger partial charge >= 0.3 is 0 Å². The van der Waals surface area contributed by atoms with Gasteiger partial charge in [-0.05, 0) is 12.1 Å². The normalized spacial score (nSPS) is 16.9. The lowest BCUT2D eigenvalue weighted by atomic mass is 10.1. The summed E-state index contributed by atoms with van der Waals surface area (Å²) in [5.74, 6) is -1.39. The van der Waals surface area contributed by atoms with E-state index in [1.54, 1.807) is 0 Å². The minimum Gasteiger partial charge on any atom is -0.221 e. The summed E-state index contributed by atoms with van der Waals surface area (Å²) in [4.78, 5) is 0. The maximum atomic E-state index is 13.0. The summed E-state index contributed by atoms with van der Waals surface area (Å²) in [6.45, 7) is 0. The minimum absolute atomic E-state index is 0.409. The van der Waals surface area contributed by atoms with Gasteiger partial charge in [0, 0.05) is 11.1 Å². The molecule has 1 aromatic rings. The van der Waals surface area contributed by atoms with E-state index in [0.29, 0.717) is 17.0 Å². The maximum Gasteiger partial charge on any atom is 0.197 e. The van der Waals surface area contributed by atoms with Crippen molar-refractivity contribution in [1.82, 2.24) is 16.2 Å². The lowest BCUT2D eigenvalue weighted by Gasteiger charge is -2.18. The molecule has 0 atom stereocenters. The fourth-order valence-corrected chi connectivity index (χ4v) is 1.47. The largest absolute Gasteiger partial charge is 0.221 e. The summed E-state index contributed by atoms with van der Waals surface area (Å²) in [5.41, 5.74) is 6.05. The Hall–Kier alpha value is -2.02. The lowest BCUT2D eigenvalue weighted by Crippen LogP contribution is -2.39. The molecule has 15 heavy (non-hydrogen) atoms. The van der Waals surface area contributed by atoms with Crippen LogP contribution in [0, 0.1) is 11.6 Å². The summed E-state index contributed by atoms with van der Waals surface area (Å²) in [7, 11) is 0. The van der Waals surface area contributed by atoms with Gasteiger partial charge in [0.25, 0.3) is 0 Å². The van der Waals surface area contributed by atoms with Gasteiger partial charge in [-0.15, -0.1) is 10.6 Å². The van der Waals surface area contributed by atoms with Crippen molar-refractivity contribution in [2.75, 3.05) is 0 Å². The molecule has 76 valence electrons. The Morgan fingerprint density at radius 1 is 1.20 bits per heavy atom. The van der Waals surface area contributed by atoms with E-state index < -0.39 is 11.6 Å². The van der Waals surface area contributed by atoms with Crippen molar-refractivity contribution in [3.63, 3.8) is 0 Å². The van der Waals surface area contributed by atoms with Crippen LogP contribution in [0.3, 0.4) is 0 Å². The minimum atomic E-state index is -0.904. The third-order valence-electron chi connectivity index (χ3n) is 2.16. The van der Waals surface area contributed by atoms with Gasteiger partial charge in [0.2, 0.25) is 0 Å². The molecule has 5 nitrogen and oxygen atoms in total. The Morgan fingerprint density at radius 2 is 2.00 bits per heavy atom. The molecular formula is C8H5F2N5. The average molecular weight is 209 g/mol. The molecule has 0 amide bonds. The van der Waals surface area contributed by atoms with Gasteiger partial charge < -0.3 is 0 Å². The smallest absolute Gasteiger partial charge is 0.197 e. The van der Waals surface area contributed by atoms with Crippen LogP contribution in [0.4, 0.5) is 8.78 Å². The number of hydrogen-bond acceptors (Lipinski definition) is 5. The molecular weight excluding hydrogens is 204 g/mol. The molecule has 2 heterocycles. The van der Waals surface area contributed by atoms with Crippen LogP contribution in [0.25, 0.3) is 0 Å². The molecule has 0 unspecified atom stereocenters. The van der Waals surface area contributed by atoms with E-state index in [1.807, 2.05) is 0 Å². The maximum absolute atomic E-state index is 13.0. The van der Waals surface area contributed by atoms with Crippen LogP contribution >= 0.6 is 0 Å². The molecule has 2 aliphatic heterocycles. The highest BCUT2D eigenvalue weighted by atomic mass is 19.2. The van der Waals surface area contributed by atoms with Crippen molar-refractivity contribution < 1.29 is 8.78 Å². The molecule has 0 fully saturated rings. The third-order valence-corrected chi connectivity index (χ3v) is 2.16. The molecule has 7 heteroatoms. The van der Waals surface area contributed by atoms with Crippen LogP contribution in [0.1, 0.15) is 11.1 Å². The van der Waals surface area contributed by atoms with Gasteiger partial charge in [-0.25, -0.2) is 14.3 Å². The molecule has 2 N–H and O–H groups in total. The van der Waals surface area contributed by atoms with Crippen LogP contribution in [-0.4, -0.2) is 17.2 Å². The van der Waals surface area contributed by atoms with Crippen molar-refractivity contribution in [3.05, 3.63) is 34.9 Å². The van der Waals surface area contributed by atoms with Gasteiger partial charge in [0.15, 0.2) is 17.5 Å². The first-order valence-electron chi connectivity index (χ1n) is 4.17. The van der Waals surface area contributed by atoms with Crippen molar-refractivity contribution >= 4 is 12.1 Å². The second kappa shape index (κ2) is 2.74. The fraction of sp³-hybridized carbons (Fsp3) is 0. The van der Waals surface area contributed by atoms with E-state index in [2.05, 4.69) is 21.3 Å². The molecule has 0 bridgehead atoms. The zero-order valence-electron chi connectivity index (χ0n) is 7.33. The first kappa shape index (κ1) is 8.30. The Bertz CT molecular complexity index is 496. The van der Waals surface area contributed by atoms with Crippen LogP contribution < -0.4 is 11.1 Å². The second-order valence-corrected chi connectivity index (χ2v) is 3.07. The molecule has 1 aromatic carbocycles. The first-order valence-corrected chi connectivity index (χ1v) is 4.17. The standard InChI is InChI=1S/C8H5F2N5/c9-6-1-4-3-11-15-8(12-13-14-15)5(4)2-7(6)10/h1-3,13-14H. The molecule has 0 aromatic heterocycles. The second-order valence-electron chi connectivity index (χ2n) is 3.07. The Balaban J connectivity index is 2.23. The van der Waals surface area contributed by atoms with E-state index in [0.717, 1.165) is 12.1 Å². The Morgan fingerprint density at radius 3 is 2.87 bits per heavy atom. The van der Waals surface area contributed by atoms with Crippen molar-refractivity contribution in [2.24, 2.45) is 10.2 Å². The Kier molecular flexibility index (Phi) is 1.51. The van der Waals surface area contributed by atoms with Gasteiger partial charge in [-0.1, -0.05) is 0 Å². The predicted molar refractivity (Wildman–Crippen MR) is 48.6 cm³/mol. The number of nitrogens with one attached hydrogen (secondary N) is 2. The highest BCUT2D eigenvalue weighted by Crippen LogP contribution is 2.19. The number of benzene rings is 1. The number of rotatable bonds is 0. The van der Waals surface area contributed by atoms with Gasteiger partial charge in [0.1, 0.15) is 0 Å². The molecule has 0 saturated carbocycles. The van der Waals surface area contributed by atoms with Crippen LogP contribution in [0.2, 0.25) is 0 Å². The summed E-state index contributed by atoms with van der Waals surface area (Å²) < 4.78 is 26.0. The molecule has 3 rings (SSSR count). The number of hydrogen-bond donors (Lipinski definition) is 2. The summed E-state index contributed by atoms with van der Waals surface area (Å²) >= 11 is 0. The number of hydrazone groups is 2. The highest BCUT2D eigenvalue weighted by molar-refractivity contribution is 6.08. The van der Waals surface area contributed by atoms with E-state index in [1.165, 1.54) is 11.3 Å². The van der Waals surface area contributed by atoms with E-state index in [-0.39, 0.29) is 0 Å². The summed E-state index contributed by atoms with van der Waals surface area (Å²) in [6.07, 6.45) is 1.43. The summed E-state index contributed by atoms with van der Waals surface area (Å²) in [6, 6.07) is 2.18. The summed E-state index contributed by atoms with van der Waals surface area (Å²) in [5, 5.41) is 9.10. The molecule has 0 saturated heterocycles. The fourth-order valence-electron chi connectivity index (χ4n) is 1.47. The first-order chi connectivity index (χ1) is 7.25. The van der Waals surface area contributed by atoms with E-state index in [4.69, 9.17) is 0 Å². The van der Waals surface area contributed by atoms with Gasteiger partial charge in [0.05, 0.1) is 6.21 Å². The monoisotopic (exact) mass is 209 g/mol. The predicted octanol–water partition coefficient (Wildman–Crippen LogP) is 0.299. The molecule has 0 aliphatic carbocycles. The Labute approximate surface area is 83.0 Å². The number of fused-ring (bicyclic) bond motifs is 3. The van der Waals surface area contributed by atoms with Crippen molar-refractivity contribution in [3.8, 4) is 0 Å². The highest BCUT2D eigenvalue weighted by Gasteiger charge is 2.25. The number of hydrazine groups is 2. The van der Waals surface area contributed by atoms with Crippen LogP contribution in [0.5, 0.6) is 0 Å². The van der Waals surface area contributed by atoms with E-state index in [9.17, 15) is 8.78 Å².